The maximum Gasteiger partial charge on any atom is 0.123 e. The van der Waals surface area contributed by atoms with Crippen molar-refractivity contribution in [1.29, 1.82) is 0 Å². The van der Waals surface area contributed by atoms with E-state index in [2.05, 4.69) is 10.3 Å². The number of halogens is 1. The smallest absolute Gasteiger partial charge is 0.123 e. The summed E-state index contributed by atoms with van der Waals surface area (Å²) in [6.07, 6.45) is 0. The second kappa shape index (κ2) is 4.40. The summed E-state index contributed by atoms with van der Waals surface area (Å²) in [4.78, 5) is 0. The Labute approximate surface area is 92.3 Å². The molecule has 0 bridgehead atoms. The molecule has 0 aliphatic carbocycles. The number of hydrogen-bond donors (Lipinski definition) is 1. The molecule has 0 saturated heterocycles. The average molecular weight is 221 g/mol. The number of hydrogen-bond acceptors (Lipinski definition) is 3. The van der Waals surface area contributed by atoms with Gasteiger partial charge in [-0.1, -0.05) is 5.21 Å². The predicted octanol–water partition coefficient (Wildman–Crippen LogP) is 1.60. The Bertz CT molecular complexity index is 457. The molecule has 0 atom stereocenters. The number of benzene rings is 1. The first-order valence-corrected chi connectivity index (χ1v) is 5.05. The van der Waals surface area contributed by atoms with Gasteiger partial charge in [-0.05, 0) is 31.2 Å². The molecule has 1 aromatic heterocycles. The summed E-state index contributed by atoms with van der Waals surface area (Å²) in [5.41, 5.74) is 2.05. The van der Waals surface area contributed by atoms with Crippen LogP contribution in [0.5, 0.6) is 0 Å². The molecule has 5 heteroatoms. The first kappa shape index (κ1) is 10.8. The molecule has 0 aliphatic heterocycles. The van der Waals surface area contributed by atoms with Gasteiger partial charge in [-0.15, -0.1) is 5.10 Å². The lowest BCUT2D eigenvalue weighted by Gasteiger charge is -2.05. The topological polar surface area (TPSA) is 50.9 Å². The summed E-state index contributed by atoms with van der Waals surface area (Å²) in [5.74, 6) is -0.287. The van der Waals surface area contributed by atoms with Gasteiger partial charge in [-0.3, -0.25) is 0 Å². The Balaban J connectivity index is 2.52. The van der Waals surface area contributed by atoms with Crippen molar-refractivity contribution >= 4 is 0 Å². The summed E-state index contributed by atoms with van der Waals surface area (Å²) in [7, 11) is 0. The maximum atomic E-state index is 12.8. The second-order valence-electron chi connectivity index (χ2n) is 3.37. The minimum absolute atomic E-state index is 0.174. The molecule has 4 nitrogen and oxygen atoms in total. The molecule has 2 rings (SSSR count). The lowest BCUT2D eigenvalue weighted by atomic mass is 10.1. The van der Waals surface area contributed by atoms with E-state index in [1.165, 1.54) is 12.1 Å². The van der Waals surface area contributed by atoms with Crippen LogP contribution < -0.4 is 0 Å². The van der Waals surface area contributed by atoms with E-state index in [-0.39, 0.29) is 12.4 Å². The second-order valence-corrected chi connectivity index (χ2v) is 3.37. The fourth-order valence-electron chi connectivity index (χ4n) is 1.60. The summed E-state index contributed by atoms with van der Waals surface area (Å²) in [6.45, 7) is 2.41. The van der Waals surface area contributed by atoms with Crippen LogP contribution in [0.1, 0.15) is 12.6 Å². The van der Waals surface area contributed by atoms with Gasteiger partial charge in [0.2, 0.25) is 0 Å². The van der Waals surface area contributed by atoms with Gasteiger partial charge in [-0.25, -0.2) is 9.07 Å². The summed E-state index contributed by atoms with van der Waals surface area (Å²) in [5, 5.41) is 16.9. The van der Waals surface area contributed by atoms with Crippen molar-refractivity contribution in [3.63, 3.8) is 0 Å². The van der Waals surface area contributed by atoms with Crippen molar-refractivity contribution in [1.82, 2.24) is 15.0 Å². The molecular formula is C11H12FN3O. The summed E-state index contributed by atoms with van der Waals surface area (Å²) in [6, 6.07) is 6.06. The molecule has 2 aromatic rings. The summed E-state index contributed by atoms with van der Waals surface area (Å²) < 4.78 is 14.5. The third-order valence-corrected chi connectivity index (χ3v) is 2.37. The van der Waals surface area contributed by atoms with Crippen LogP contribution in [0.2, 0.25) is 0 Å². The van der Waals surface area contributed by atoms with Crippen molar-refractivity contribution in [2.24, 2.45) is 0 Å². The molecule has 0 aliphatic rings. The van der Waals surface area contributed by atoms with E-state index < -0.39 is 0 Å². The van der Waals surface area contributed by atoms with E-state index in [4.69, 9.17) is 5.11 Å². The van der Waals surface area contributed by atoms with Crippen LogP contribution in [0, 0.1) is 5.82 Å². The minimum Gasteiger partial charge on any atom is -0.390 e. The average Bonchev–Trinajstić information content (AvgIpc) is 2.73. The van der Waals surface area contributed by atoms with Crippen LogP contribution in [0.25, 0.3) is 11.3 Å². The molecule has 1 aromatic carbocycles. The Morgan fingerprint density at radius 1 is 1.31 bits per heavy atom. The predicted molar refractivity (Wildman–Crippen MR) is 57.0 cm³/mol. The van der Waals surface area contributed by atoms with Gasteiger partial charge in [0.25, 0.3) is 0 Å². The van der Waals surface area contributed by atoms with E-state index >= 15 is 0 Å². The molecule has 16 heavy (non-hydrogen) atoms. The molecule has 0 radical (unpaired) electrons. The van der Waals surface area contributed by atoms with Gasteiger partial charge in [0.15, 0.2) is 0 Å². The standard InChI is InChI=1S/C11H12FN3O/c1-2-15-11(10(7-16)13-14-15)8-3-5-9(12)6-4-8/h3-6,16H,2,7H2,1H3. The maximum absolute atomic E-state index is 12.8. The molecule has 0 saturated carbocycles. The van der Waals surface area contributed by atoms with Crippen molar-refractivity contribution < 1.29 is 9.50 Å². The Morgan fingerprint density at radius 2 is 2.00 bits per heavy atom. The van der Waals surface area contributed by atoms with Crippen molar-refractivity contribution in [3.05, 3.63) is 35.8 Å². The number of aromatic nitrogens is 3. The number of aliphatic hydroxyl groups is 1. The Kier molecular flexibility index (Phi) is 2.96. The highest BCUT2D eigenvalue weighted by Gasteiger charge is 2.12. The highest BCUT2D eigenvalue weighted by Crippen LogP contribution is 2.22. The summed E-state index contributed by atoms with van der Waals surface area (Å²) >= 11 is 0. The molecule has 1 heterocycles. The number of rotatable bonds is 3. The molecule has 1 N–H and O–H groups in total. The van der Waals surface area contributed by atoms with Crippen LogP contribution in [0.4, 0.5) is 4.39 Å². The minimum atomic E-state index is -0.287. The van der Waals surface area contributed by atoms with E-state index in [0.29, 0.717) is 12.2 Å². The van der Waals surface area contributed by atoms with Crippen molar-refractivity contribution in [3.8, 4) is 11.3 Å². The zero-order valence-corrected chi connectivity index (χ0v) is 8.89. The first-order valence-electron chi connectivity index (χ1n) is 5.05. The van der Waals surface area contributed by atoms with Gasteiger partial charge in [0, 0.05) is 12.1 Å². The monoisotopic (exact) mass is 221 g/mol. The molecule has 0 unspecified atom stereocenters. The van der Waals surface area contributed by atoms with E-state index in [0.717, 1.165) is 11.3 Å². The third-order valence-electron chi connectivity index (χ3n) is 2.37. The number of aryl methyl sites for hydroxylation is 1. The van der Waals surface area contributed by atoms with Crippen LogP contribution in [-0.4, -0.2) is 20.1 Å². The van der Waals surface area contributed by atoms with Crippen LogP contribution >= 0.6 is 0 Å². The van der Waals surface area contributed by atoms with E-state index in [9.17, 15) is 4.39 Å². The molecule has 84 valence electrons. The van der Waals surface area contributed by atoms with Gasteiger partial charge in [0.05, 0.1) is 12.3 Å². The highest BCUT2D eigenvalue weighted by molar-refractivity contribution is 5.61. The first-order chi connectivity index (χ1) is 7.76. The van der Waals surface area contributed by atoms with Gasteiger partial charge < -0.3 is 5.11 Å². The van der Waals surface area contributed by atoms with Gasteiger partial charge in [0.1, 0.15) is 11.5 Å². The van der Waals surface area contributed by atoms with Crippen LogP contribution in [0.3, 0.4) is 0 Å². The Hall–Kier alpha value is -1.75. The van der Waals surface area contributed by atoms with E-state index in [1.807, 2.05) is 6.92 Å². The number of nitrogens with zero attached hydrogens (tertiary/aromatic N) is 3. The zero-order valence-electron chi connectivity index (χ0n) is 8.89. The molecule has 0 spiro atoms. The molecular weight excluding hydrogens is 209 g/mol. The van der Waals surface area contributed by atoms with Crippen LogP contribution in [-0.2, 0) is 13.2 Å². The third kappa shape index (κ3) is 1.81. The quantitative estimate of drug-likeness (QED) is 0.856. The molecule has 0 amide bonds. The van der Waals surface area contributed by atoms with Crippen molar-refractivity contribution in [2.75, 3.05) is 0 Å². The normalized spacial score (nSPS) is 10.7. The Morgan fingerprint density at radius 3 is 2.56 bits per heavy atom. The highest BCUT2D eigenvalue weighted by atomic mass is 19.1. The largest absolute Gasteiger partial charge is 0.390 e. The fourth-order valence-corrected chi connectivity index (χ4v) is 1.60. The van der Waals surface area contributed by atoms with Gasteiger partial charge >= 0.3 is 0 Å². The van der Waals surface area contributed by atoms with Gasteiger partial charge in [-0.2, -0.15) is 0 Å². The number of aliphatic hydroxyl groups excluding tert-OH is 1. The SMILES string of the molecule is CCn1nnc(CO)c1-c1ccc(F)cc1. The zero-order chi connectivity index (χ0) is 11.5. The fraction of sp³-hybridized carbons (Fsp3) is 0.273. The molecule has 0 fully saturated rings. The lowest BCUT2D eigenvalue weighted by molar-refractivity contribution is 0.277. The van der Waals surface area contributed by atoms with Crippen molar-refractivity contribution in [2.45, 2.75) is 20.1 Å². The lowest BCUT2D eigenvalue weighted by Crippen LogP contribution is -2.00. The van der Waals surface area contributed by atoms with E-state index in [1.54, 1.807) is 16.8 Å². The van der Waals surface area contributed by atoms with Crippen LogP contribution in [0.15, 0.2) is 24.3 Å².